The fourth-order valence-electron chi connectivity index (χ4n) is 1.21. The second kappa shape index (κ2) is 5.61. The Hall–Kier alpha value is -0.650. The molecule has 0 aromatic carbocycles. The molecule has 84 valence electrons. The van der Waals surface area contributed by atoms with Crippen LogP contribution in [0.4, 0.5) is 5.82 Å². The average Bonchev–Trinajstić information content (AvgIpc) is 2.74. The summed E-state index contributed by atoms with van der Waals surface area (Å²) >= 11 is 10.9. The molecule has 6 heteroatoms. The van der Waals surface area contributed by atoms with Gasteiger partial charge in [0.2, 0.25) is 0 Å². The number of nitrogens with one attached hydrogen (secondary N) is 1. The molecule has 0 radical (unpaired) electrons. The largest absolute Gasteiger partial charge is 0.368 e. The Labute approximate surface area is 111 Å². The maximum absolute atomic E-state index is 6.02. The van der Waals surface area contributed by atoms with Gasteiger partial charge in [-0.3, -0.25) is 0 Å². The van der Waals surface area contributed by atoms with Crippen LogP contribution < -0.4 is 5.32 Å². The van der Waals surface area contributed by atoms with Crippen LogP contribution in [0, 0.1) is 0 Å². The lowest BCUT2D eigenvalue weighted by Gasteiger charge is -2.06. The van der Waals surface area contributed by atoms with Crippen molar-refractivity contribution in [2.24, 2.45) is 0 Å². The lowest BCUT2D eigenvalue weighted by atomic mass is 10.3. The van der Waals surface area contributed by atoms with Crippen LogP contribution in [0.5, 0.6) is 0 Å². The van der Waals surface area contributed by atoms with Crippen LogP contribution in [0.25, 0.3) is 0 Å². The van der Waals surface area contributed by atoms with E-state index in [1.54, 1.807) is 17.5 Å². The number of anilines is 1. The Morgan fingerprint density at radius 2 is 2.31 bits per heavy atom. The van der Waals surface area contributed by atoms with Crippen LogP contribution in [0.15, 0.2) is 27.6 Å². The van der Waals surface area contributed by atoms with E-state index in [1.807, 2.05) is 17.0 Å². The van der Waals surface area contributed by atoms with Crippen LogP contribution in [0.2, 0.25) is 5.02 Å². The highest BCUT2D eigenvalue weighted by molar-refractivity contribution is 9.10. The molecule has 0 spiro atoms. The van der Waals surface area contributed by atoms with E-state index in [4.69, 9.17) is 11.6 Å². The molecule has 2 rings (SSSR count). The predicted octanol–water partition coefficient (Wildman–Crippen LogP) is 3.61. The van der Waals surface area contributed by atoms with E-state index in [0.29, 0.717) is 10.8 Å². The molecule has 0 atom stereocenters. The normalized spacial score (nSPS) is 10.4. The van der Waals surface area contributed by atoms with Gasteiger partial charge in [-0.2, -0.15) is 0 Å². The van der Waals surface area contributed by atoms with Gasteiger partial charge in [-0.15, -0.1) is 11.3 Å². The average molecular weight is 319 g/mol. The minimum Gasteiger partial charge on any atom is -0.368 e. The molecule has 2 aromatic rings. The van der Waals surface area contributed by atoms with Gasteiger partial charge in [-0.25, -0.2) is 9.97 Å². The third kappa shape index (κ3) is 3.17. The Morgan fingerprint density at radius 1 is 1.44 bits per heavy atom. The van der Waals surface area contributed by atoms with Crippen LogP contribution in [0.1, 0.15) is 5.69 Å². The van der Waals surface area contributed by atoms with Crippen LogP contribution >= 0.6 is 38.9 Å². The lowest BCUT2D eigenvalue weighted by molar-refractivity contribution is 0.968. The molecule has 16 heavy (non-hydrogen) atoms. The van der Waals surface area contributed by atoms with Crippen molar-refractivity contribution in [2.75, 3.05) is 11.9 Å². The summed E-state index contributed by atoms with van der Waals surface area (Å²) in [5.41, 5.74) is 2.92. The third-order valence-electron chi connectivity index (χ3n) is 1.96. The fraction of sp³-hybridized carbons (Fsp3) is 0.200. The quantitative estimate of drug-likeness (QED) is 0.936. The molecule has 3 nitrogen and oxygen atoms in total. The standard InChI is InChI=1S/C10H9BrClN3S/c11-7-3-9(12)10(14-4-7)13-2-1-8-5-16-6-15-8/h3-6H,1-2H2,(H,13,14). The summed E-state index contributed by atoms with van der Waals surface area (Å²) in [4.78, 5) is 8.39. The van der Waals surface area contributed by atoms with E-state index >= 15 is 0 Å². The first kappa shape index (κ1) is 11.8. The second-order valence-electron chi connectivity index (χ2n) is 3.14. The molecule has 0 aliphatic carbocycles. The summed E-state index contributed by atoms with van der Waals surface area (Å²) in [6, 6.07) is 1.82. The SMILES string of the molecule is Clc1cc(Br)cnc1NCCc1cscn1. The lowest BCUT2D eigenvalue weighted by Crippen LogP contribution is -2.06. The molecule has 2 aromatic heterocycles. The summed E-state index contributed by atoms with van der Waals surface area (Å²) in [7, 11) is 0. The van der Waals surface area contributed by atoms with Gasteiger partial charge in [0.05, 0.1) is 16.2 Å². The van der Waals surface area contributed by atoms with Gasteiger partial charge >= 0.3 is 0 Å². The summed E-state index contributed by atoms with van der Waals surface area (Å²) in [5.74, 6) is 0.708. The number of hydrogen-bond acceptors (Lipinski definition) is 4. The maximum Gasteiger partial charge on any atom is 0.144 e. The first-order chi connectivity index (χ1) is 7.75. The molecular formula is C10H9BrClN3S. The van der Waals surface area contributed by atoms with E-state index in [2.05, 4.69) is 31.2 Å². The molecule has 2 heterocycles. The van der Waals surface area contributed by atoms with E-state index in [9.17, 15) is 0 Å². The minimum absolute atomic E-state index is 0.618. The molecule has 0 fully saturated rings. The Kier molecular flexibility index (Phi) is 4.15. The molecule has 0 amide bonds. The zero-order valence-corrected chi connectivity index (χ0v) is 11.4. The number of thiazole rings is 1. The van der Waals surface area contributed by atoms with Gasteiger partial charge in [-0.05, 0) is 22.0 Å². The van der Waals surface area contributed by atoms with Crippen molar-refractivity contribution in [1.29, 1.82) is 0 Å². The first-order valence-corrected chi connectivity index (χ1v) is 6.79. The van der Waals surface area contributed by atoms with Gasteiger partial charge in [-0.1, -0.05) is 11.6 Å². The highest BCUT2D eigenvalue weighted by Gasteiger charge is 2.02. The van der Waals surface area contributed by atoms with E-state index in [1.165, 1.54) is 0 Å². The van der Waals surface area contributed by atoms with Crippen molar-refractivity contribution in [2.45, 2.75) is 6.42 Å². The highest BCUT2D eigenvalue weighted by atomic mass is 79.9. The van der Waals surface area contributed by atoms with Gasteiger partial charge in [0.25, 0.3) is 0 Å². The third-order valence-corrected chi connectivity index (χ3v) is 3.32. The molecule has 0 aliphatic heterocycles. The molecule has 0 unspecified atom stereocenters. The summed E-state index contributed by atoms with van der Waals surface area (Å²) in [6.07, 6.45) is 2.59. The van der Waals surface area contributed by atoms with Gasteiger partial charge in [0.15, 0.2) is 0 Å². The predicted molar refractivity (Wildman–Crippen MR) is 71.3 cm³/mol. The zero-order chi connectivity index (χ0) is 11.4. The van der Waals surface area contributed by atoms with E-state index in [-0.39, 0.29) is 0 Å². The zero-order valence-electron chi connectivity index (χ0n) is 8.28. The Balaban J connectivity index is 1.90. The van der Waals surface area contributed by atoms with Crippen molar-refractivity contribution in [3.8, 4) is 0 Å². The van der Waals surface area contributed by atoms with Gasteiger partial charge in [0, 0.05) is 29.0 Å². The summed E-state index contributed by atoms with van der Waals surface area (Å²) in [6.45, 7) is 0.776. The summed E-state index contributed by atoms with van der Waals surface area (Å²) in [5, 5.41) is 5.84. The highest BCUT2D eigenvalue weighted by Crippen LogP contribution is 2.22. The maximum atomic E-state index is 6.02. The Morgan fingerprint density at radius 3 is 3.00 bits per heavy atom. The van der Waals surface area contributed by atoms with Crippen molar-refractivity contribution in [1.82, 2.24) is 9.97 Å². The van der Waals surface area contributed by atoms with E-state index in [0.717, 1.165) is 23.1 Å². The van der Waals surface area contributed by atoms with Crippen molar-refractivity contribution in [3.05, 3.63) is 38.3 Å². The van der Waals surface area contributed by atoms with E-state index < -0.39 is 0 Å². The number of pyridine rings is 1. The summed E-state index contributed by atoms with van der Waals surface area (Å²) < 4.78 is 0.877. The smallest absolute Gasteiger partial charge is 0.144 e. The molecular weight excluding hydrogens is 310 g/mol. The van der Waals surface area contributed by atoms with Crippen molar-refractivity contribution in [3.63, 3.8) is 0 Å². The number of nitrogens with zero attached hydrogens (tertiary/aromatic N) is 2. The second-order valence-corrected chi connectivity index (χ2v) is 5.18. The topological polar surface area (TPSA) is 37.8 Å². The van der Waals surface area contributed by atoms with Gasteiger partial charge in [0.1, 0.15) is 5.82 Å². The van der Waals surface area contributed by atoms with Gasteiger partial charge < -0.3 is 5.32 Å². The number of hydrogen-bond donors (Lipinski definition) is 1. The molecule has 0 saturated carbocycles. The van der Waals surface area contributed by atoms with Crippen molar-refractivity contribution >= 4 is 44.7 Å². The van der Waals surface area contributed by atoms with Crippen LogP contribution in [0.3, 0.4) is 0 Å². The van der Waals surface area contributed by atoms with Crippen LogP contribution in [-0.2, 0) is 6.42 Å². The Bertz CT molecular complexity index is 461. The number of aromatic nitrogens is 2. The molecule has 0 aliphatic rings. The number of halogens is 2. The monoisotopic (exact) mass is 317 g/mol. The van der Waals surface area contributed by atoms with Crippen LogP contribution in [-0.4, -0.2) is 16.5 Å². The number of rotatable bonds is 4. The molecule has 0 saturated heterocycles. The molecule has 0 bridgehead atoms. The first-order valence-electron chi connectivity index (χ1n) is 4.67. The molecule has 1 N–H and O–H groups in total. The fourth-order valence-corrected chi connectivity index (χ4v) is 2.50. The minimum atomic E-state index is 0.618. The van der Waals surface area contributed by atoms with Crippen molar-refractivity contribution < 1.29 is 0 Å².